The lowest BCUT2D eigenvalue weighted by atomic mass is 10.1. The van der Waals surface area contributed by atoms with Gasteiger partial charge < -0.3 is 14.9 Å². The van der Waals surface area contributed by atoms with Crippen molar-refractivity contribution in [2.75, 3.05) is 12.8 Å². The monoisotopic (exact) mass is 278 g/mol. The number of nitrogens with one attached hydrogen (secondary N) is 1. The normalized spacial score (nSPS) is 12.1. The second kappa shape index (κ2) is 6.40. The summed E-state index contributed by atoms with van der Waals surface area (Å²) in [7, 11) is 0. The van der Waals surface area contributed by atoms with Crippen molar-refractivity contribution in [2.24, 2.45) is 0 Å². The first-order chi connectivity index (χ1) is 9.20. The van der Waals surface area contributed by atoms with Gasteiger partial charge in [-0.15, -0.1) is 11.8 Å². The maximum atomic E-state index is 11.6. The minimum absolute atomic E-state index is 0.123. The van der Waals surface area contributed by atoms with Crippen LogP contribution in [0.3, 0.4) is 0 Å². The smallest absolute Gasteiger partial charge is 0.289 e. The van der Waals surface area contributed by atoms with Gasteiger partial charge in [0.05, 0.1) is 12.3 Å². The van der Waals surface area contributed by atoms with Gasteiger partial charge in [0, 0.05) is 17.5 Å². The molecule has 1 aromatic heterocycles. The SMILES string of the molecule is CSc1ccc(C(O)CNC(=O)c2ccno2)cc1. The first-order valence-corrected chi connectivity index (χ1v) is 6.94. The first-order valence-electron chi connectivity index (χ1n) is 5.71. The molecule has 0 aliphatic carbocycles. The molecule has 0 saturated heterocycles. The fourth-order valence-corrected chi connectivity index (χ4v) is 1.96. The van der Waals surface area contributed by atoms with E-state index in [1.807, 2.05) is 30.5 Å². The molecule has 0 radical (unpaired) electrons. The van der Waals surface area contributed by atoms with E-state index in [-0.39, 0.29) is 12.3 Å². The fourth-order valence-electron chi connectivity index (χ4n) is 1.55. The maximum Gasteiger partial charge on any atom is 0.289 e. The highest BCUT2D eigenvalue weighted by Crippen LogP contribution is 2.18. The topological polar surface area (TPSA) is 75.4 Å². The summed E-state index contributed by atoms with van der Waals surface area (Å²) in [5, 5.41) is 16.0. The van der Waals surface area contributed by atoms with Crippen molar-refractivity contribution in [3.05, 3.63) is 47.9 Å². The lowest BCUT2D eigenvalue weighted by molar-refractivity contribution is 0.0880. The van der Waals surface area contributed by atoms with Crippen LogP contribution in [0.4, 0.5) is 0 Å². The van der Waals surface area contributed by atoms with E-state index in [1.165, 1.54) is 12.3 Å². The van der Waals surface area contributed by atoms with Crippen LogP contribution in [0.1, 0.15) is 22.2 Å². The number of hydrogen-bond donors (Lipinski definition) is 2. The van der Waals surface area contributed by atoms with Gasteiger partial charge in [0.2, 0.25) is 5.76 Å². The molecule has 2 N–H and O–H groups in total. The molecular formula is C13H14N2O3S. The Balaban J connectivity index is 1.90. The van der Waals surface area contributed by atoms with Gasteiger partial charge in [-0.2, -0.15) is 0 Å². The third kappa shape index (κ3) is 3.59. The van der Waals surface area contributed by atoms with Gasteiger partial charge in [0.1, 0.15) is 0 Å². The van der Waals surface area contributed by atoms with E-state index in [1.54, 1.807) is 11.8 Å². The van der Waals surface area contributed by atoms with Crippen molar-refractivity contribution < 1.29 is 14.4 Å². The summed E-state index contributed by atoms with van der Waals surface area (Å²) in [6.45, 7) is 0.123. The number of benzene rings is 1. The molecule has 0 fully saturated rings. The molecule has 5 nitrogen and oxygen atoms in total. The lowest BCUT2D eigenvalue weighted by Crippen LogP contribution is -2.28. The molecule has 19 heavy (non-hydrogen) atoms. The average Bonchev–Trinajstić information content (AvgIpc) is 2.98. The molecule has 0 saturated carbocycles. The highest BCUT2D eigenvalue weighted by atomic mass is 32.2. The van der Waals surface area contributed by atoms with Crippen LogP contribution >= 0.6 is 11.8 Å². The van der Waals surface area contributed by atoms with Gasteiger partial charge in [-0.3, -0.25) is 4.79 Å². The fraction of sp³-hybridized carbons (Fsp3) is 0.231. The van der Waals surface area contributed by atoms with Gasteiger partial charge in [-0.05, 0) is 24.0 Å². The number of thioether (sulfide) groups is 1. The number of rotatable bonds is 5. The van der Waals surface area contributed by atoms with Crippen molar-refractivity contribution >= 4 is 17.7 Å². The van der Waals surface area contributed by atoms with Crippen molar-refractivity contribution in [2.45, 2.75) is 11.0 Å². The van der Waals surface area contributed by atoms with Crippen LogP contribution in [0.5, 0.6) is 0 Å². The van der Waals surface area contributed by atoms with E-state index in [4.69, 9.17) is 4.52 Å². The largest absolute Gasteiger partial charge is 0.387 e. The second-order valence-corrected chi connectivity index (χ2v) is 4.76. The maximum absolute atomic E-state index is 11.6. The molecule has 1 amide bonds. The zero-order valence-electron chi connectivity index (χ0n) is 10.4. The average molecular weight is 278 g/mol. The van der Waals surface area contributed by atoms with Gasteiger partial charge in [0.25, 0.3) is 5.91 Å². The number of aliphatic hydroxyl groups excluding tert-OH is 1. The molecule has 1 atom stereocenters. The van der Waals surface area contributed by atoms with Crippen LogP contribution in [0.15, 0.2) is 45.9 Å². The predicted molar refractivity (Wildman–Crippen MR) is 72.0 cm³/mol. The Morgan fingerprint density at radius 2 is 2.16 bits per heavy atom. The van der Waals surface area contributed by atoms with Crippen LogP contribution in [0.25, 0.3) is 0 Å². The lowest BCUT2D eigenvalue weighted by Gasteiger charge is -2.11. The summed E-state index contributed by atoms with van der Waals surface area (Å²) in [6, 6.07) is 9.02. The van der Waals surface area contributed by atoms with Crippen LogP contribution in [-0.4, -0.2) is 29.0 Å². The Labute approximate surface area is 115 Å². The summed E-state index contributed by atoms with van der Waals surface area (Å²) in [4.78, 5) is 12.7. The second-order valence-electron chi connectivity index (χ2n) is 3.88. The zero-order chi connectivity index (χ0) is 13.7. The van der Waals surface area contributed by atoms with E-state index in [0.29, 0.717) is 0 Å². The third-order valence-corrected chi connectivity index (χ3v) is 3.36. The summed E-state index contributed by atoms with van der Waals surface area (Å²) >= 11 is 1.64. The number of carbonyl (C=O) groups is 1. The standard InChI is InChI=1S/C13H14N2O3S/c1-19-10-4-2-9(3-5-10)11(16)8-14-13(17)12-6-7-15-18-12/h2-7,11,16H,8H2,1H3,(H,14,17). The van der Waals surface area contributed by atoms with E-state index in [0.717, 1.165) is 10.5 Å². The Hall–Kier alpha value is -1.79. The number of carbonyl (C=O) groups excluding carboxylic acids is 1. The molecule has 0 aliphatic heterocycles. The number of aliphatic hydroxyl groups is 1. The third-order valence-electron chi connectivity index (χ3n) is 2.62. The highest BCUT2D eigenvalue weighted by Gasteiger charge is 2.13. The van der Waals surface area contributed by atoms with Crippen molar-refractivity contribution in [1.29, 1.82) is 0 Å². The molecule has 100 valence electrons. The van der Waals surface area contributed by atoms with E-state index in [2.05, 4.69) is 10.5 Å². The highest BCUT2D eigenvalue weighted by molar-refractivity contribution is 7.98. The molecular weight excluding hydrogens is 264 g/mol. The number of hydrogen-bond acceptors (Lipinski definition) is 5. The minimum atomic E-state index is -0.747. The van der Waals surface area contributed by atoms with Crippen molar-refractivity contribution in [3.8, 4) is 0 Å². The molecule has 1 unspecified atom stereocenters. The summed E-state index contributed by atoms with van der Waals surface area (Å²) in [5.74, 6) is -0.262. The minimum Gasteiger partial charge on any atom is -0.387 e. The quantitative estimate of drug-likeness (QED) is 0.816. The molecule has 6 heteroatoms. The van der Waals surface area contributed by atoms with E-state index < -0.39 is 12.0 Å². The first kappa shape index (κ1) is 13.6. The number of amides is 1. The summed E-state index contributed by atoms with van der Waals surface area (Å²) in [5.41, 5.74) is 0.760. The molecule has 0 bridgehead atoms. The van der Waals surface area contributed by atoms with E-state index >= 15 is 0 Å². The van der Waals surface area contributed by atoms with Gasteiger partial charge in [-0.1, -0.05) is 17.3 Å². The van der Waals surface area contributed by atoms with Crippen LogP contribution in [0.2, 0.25) is 0 Å². The van der Waals surface area contributed by atoms with Crippen LogP contribution in [0, 0.1) is 0 Å². The van der Waals surface area contributed by atoms with Gasteiger partial charge in [0.15, 0.2) is 0 Å². The van der Waals surface area contributed by atoms with Crippen molar-refractivity contribution in [1.82, 2.24) is 10.5 Å². The molecule has 0 spiro atoms. The molecule has 2 aromatic rings. The molecule has 2 rings (SSSR count). The molecule has 1 aromatic carbocycles. The Bertz CT molecular complexity index is 525. The number of nitrogens with zero attached hydrogens (tertiary/aromatic N) is 1. The van der Waals surface area contributed by atoms with Gasteiger partial charge >= 0.3 is 0 Å². The van der Waals surface area contributed by atoms with Crippen molar-refractivity contribution in [3.63, 3.8) is 0 Å². The van der Waals surface area contributed by atoms with E-state index in [9.17, 15) is 9.90 Å². The predicted octanol–water partition coefficient (Wildman–Crippen LogP) is 1.86. The Kier molecular flexibility index (Phi) is 4.59. The van der Waals surface area contributed by atoms with Gasteiger partial charge in [-0.25, -0.2) is 0 Å². The summed E-state index contributed by atoms with van der Waals surface area (Å²) in [6.07, 6.45) is 2.64. The Morgan fingerprint density at radius 1 is 1.42 bits per heavy atom. The molecule has 1 heterocycles. The zero-order valence-corrected chi connectivity index (χ0v) is 11.2. The number of aromatic nitrogens is 1. The summed E-state index contributed by atoms with van der Waals surface area (Å²) < 4.78 is 4.72. The molecule has 0 aliphatic rings. The van der Waals surface area contributed by atoms with Crippen LogP contribution < -0.4 is 5.32 Å². The van der Waals surface area contributed by atoms with Crippen LogP contribution in [-0.2, 0) is 0 Å². The Morgan fingerprint density at radius 3 is 2.74 bits per heavy atom.